The number of aryl methyl sites for hydroxylation is 2. The average Bonchev–Trinajstić information content (AvgIpc) is 3.47. The van der Waals surface area contributed by atoms with Gasteiger partial charge in [0.05, 0.1) is 36.7 Å². The maximum absolute atomic E-state index is 13.4. The van der Waals surface area contributed by atoms with E-state index in [9.17, 15) is 4.79 Å². The van der Waals surface area contributed by atoms with E-state index >= 15 is 0 Å². The van der Waals surface area contributed by atoms with Gasteiger partial charge in [-0.25, -0.2) is 9.78 Å². The Hall–Kier alpha value is -4.14. The summed E-state index contributed by atoms with van der Waals surface area (Å²) in [6.07, 6.45) is 7.88. The molecule has 0 unspecified atom stereocenters. The van der Waals surface area contributed by atoms with Crippen LogP contribution in [0.2, 0.25) is 0 Å². The van der Waals surface area contributed by atoms with Crippen molar-refractivity contribution in [1.82, 2.24) is 9.38 Å². The third-order valence-corrected chi connectivity index (χ3v) is 9.34. The summed E-state index contributed by atoms with van der Waals surface area (Å²) in [7, 11) is 1.42. The molecule has 1 saturated heterocycles. The zero-order chi connectivity index (χ0) is 34.2. The van der Waals surface area contributed by atoms with Gasteiger partial charge in [-0.05, 0) is 96.7 Å². The number of fused-ring (bicyclic) bond motifs is 7. The van der Waals surface area contributed by atoms with Crippen molar-refractivity contribution in [3.05, 3.63) is 83.6 Å². The van der Waals surface area contributed by atoms with E-state index in [1.807, 2.05) is 33.8 Å². The molecule has 254 valence electrons. The highest BCUT2D eigenvalue weighted by molar-refractivity contribution is 5.82. The van der Waals surface area contributed by atoms with Crippen molar-refractivity contribution in [2.75, 3.05) is 31.7 Å². The standard InChI is InChI=1S/C40H49N3O5/c1-26-15-16-33-31(22-26)29-13-11-14-30(24-29)32-25-43-34(41-32)23-27(2)35(36(38(44)45-8)48-39(4,5)6)37(43)42-19-17-40(7,18-20-42)46-21-10-9-12-28(3)47-33/h9-11,13-16,22-25,28,36H,12,17-21H2,1-8H3/t28-,36-/m0/s1. The fourth-order valence-corrected chi connectivity index (χ4v) is 6.74. The molecule has 4 aromatic rings. The maximum atomic E-state index is 13.4. The first-order chi connectivity index (χ1) is 22.8. The lowest BCUT2D eigenvalue weighted by Gasteiger charge is -2.41. The van der Waals surface area contributed by atoms with Gasteiger partial charge in [-0.15, -0.1) is 0 Å². The van der Waals surface area contributed by atoms with Crippen LogP contribution < -0.4 is 9.64 Å². The molecule has 0 radical (unpaired) electrons. The van der Waals surface area contributed by atoms with Gasteiger partial charge >= 0.3 is 5.97 Å². The summed E-state index contributed by atoms with van der Waals surface area (Å²) < 4.78 is 26.9. The van der Waals surface area contributed by atoms with Crippen LogP contribution in [0.3, 0.4) is 0 Å². The molecular formula is C40H49N3O5. The molecule has 0 aliphatic carbocycles. The quantitative estimate of drug-likeness (QED) is 0.163. The van der Waals surface area contributed by atoms with Gasteiger partial charge in [0.1, 0.15) is 17.2 Å². The normalized spacial score (nSPS) is 20.8. The van der Waals surface area contributed by atoms with E-state index in [1.54, 1.807) is 0 Å². The lowest BCUT2D eigenvalue weighted by Crippen LogP contribution is -2.45. The minimum atomic E-state index is -0.911. The number of ether oxygens (including phenoxy) is 4. The van der Waals surface area contributed by atoms with Crippen molar-refractivity contribution in [2.24, 2.45) is 0 Å². The minimum Gasteiger partial charge on any atom is -0.490 e. The average molecular weight is 652 g/mol. The van der Waals surface area contributed by atoms with E-state index in [1.165, 1.54) is 7.11 Å². The molecule has 6 bridgehead atoms. The summed E-state index contributed by atoms with van der Waals surface area (Å²) in [6.45, 7) is 16.4. The minimum absolute atomic E-state index is 0.000634. The Morgan fingerprint density at radius 2 is 1.79 bits per heavy atom. The van der Waals surface area contributed by atoms with E-state index in [-0.39, 0.29) is 11.7 Å². The van der Waals surface area contributed by atoms with Crippen LogP contribution in [0.5, 0.6) is 5.75 Å². The molecule has 7 rings (SSSR count). The molecule has 0 N–H and O–H groups in total. The Bertz CT molecular complexity index is 1830. The van der Waals surface area contributed by atoms with Crippen LogP contribution in [0.1, 0.15) is 76.7 Å². The number of carbonyl (C=O) groups excluding carboxylic acids is 1. The SMILES string of the molecule is COC(=O)[C@@H](OC(C)(C)C)c1c(C)cc2nc3cn2c1N1CCC(C)(CC1)OCC=CC[C@H](C)Oc1ccc(C)cc1-c1cccc-3c1. The number of hydrogen-bond acceptors (Lipinski definition) is 7. The summed E-state index contributed by atoms with van der Waals surface area (Å²) in [5, 5.41) is 0. The third-order valence-electron chi connectivity index (χ3n) is 9.34. The van der Waals surface area contributed by atoms with E-state index in [0.717, 1.165) is 88.6 Å². The lowest BCUT2D eigenvalue weighted by molar-refractivity contribution is -0.164. The smallest absolute Gasteiger partial charge is 0.339 e. The zero-order valence-electron chi connectivity index (χ0n) is 29.6. The van der Waals surface area contributed by atoms with Crippen molar-refractivity contribution in [1.29, 1.82) is 0 Å². The number of piperidine rings is 1. The Morgan fingerprint density at radius 3 is 2.52 bits per heavy atom. The van der Waals surface area contributed by atoms with E-state index in [4.69, 9.17) is 23.9 Å². The zero-order valence-corrected chi connectivity index (χ0v) is 29.6. The highest BCUT2D eigenvalue weighted by Gasteiger charge is 2.37. The summed E-state index contributed by atoms with van der Waals surface area (Å²) in [5.74, 6) is 1.33. The first-order valence-corrected chi connectivity index (χ1v) is 17.0. The molecule has 8 heteroatoms. The monoisotopic (exact) mass is 651 g/mol. The molecule has 3 aliphatic heterocycles. The molecule has 0 spiro atoms. The van der Waals surface area contributed by atoms with E-state index in [0.29, 0.717) is 6.61 Å². The molecule has 2 aromatic carbocycles. The van der Waals surface area contributed by atoms with Crippen molar-refractivity contribution in [3.63, 3.8) is 0 Å². The van der Waals surface area contributed by atoms with Crippen LogP contribution in [-0.2, 0) is 19.0 Å². The Balaban J connectivity index is 1.55. The topological polar surface area (TPSA) is 74.5 Å². The predicted molar refractivity (Wildman–Crippen MR) is 191 cm³/mol. The predicted octanol–water partition coefficient (Wildman–Crippen LogP) is 8.42. The summed E-state index contributed by atoms with van der Waals surface area (Å²) in [5.41, 5.74) is 6.78. The number of nitrogens with zero attached hydrogens (tertiary/aromatic N) is 3. The highest BCUT2D eigenvalue weighted by Crippen LogP contribution is 2.40. The second-order valence-corrected chi connectivity index (χ2v) is 14.5. The molecule has 48 heavy (non-hydrogen) atoms. The van der Waals surface area contributed by atoms with Crippen LogP contribution in [0, 0.1) is 13.8 Å². The fourth-order valence-electron chi connectivity index (χ4n) is 6.74. The van der Waals surface area contributed by atoms with Gasteiger partial charge in [0.2, 0.25) is 0 Å². The van der Waals surface area contributed by atoms with Gasteiger partial charge < -0.3 is 23.8 Å². The molecule has 3 aliphatic rings. The number of benzene rings is 2. The van der Waals surface area contributed by atoms with Gasteiger partial charge in [0, 0.05) is 42.4 Å². The van der Waals surface area contributed by atoms with Gasteiger partial charge in [-0.1, -0.05) is 42.0 Å². The van der Waals surface area contributed by atoms with Gasteiger partial charge in [-0.3, -0.25) is 4.40 Å². The van der Waals surface area contributed by atoms with Crippen LogP contribution in [0.4, 0.5) is 5.82 Å². The van der Waals surface area contributed by atoms with Crippen LogP contribution in [-0.4, -0.2) is 59.5 Å². The Kier molecular flexibility index (Phi) is 9.42. The van der Waals surface area contributed by atoms with Crippen LogP contribution >= 0.6 is 0 Å². The number of rotatable bonds is 3. The van der Waals surface area contributed by atoms with E-state index < -0.39 is 17.7 Å². The summed E-state index contributed by atoms with van der Waals surface area (Å²) >= 11 is 0. The molecular weight excluding hydrogens is 602 g/mol. The summed E-state index contributed by atoms with van der Waals surface area (Å²) in [4.78, 5) is 21.0. The first-order valence-electron chi connectivity index (χ1n) is 17.0. The van der Waals surface area contributed by atoms with Gasteiger partial charge in [0.25, 0.3) is 0 Å². The number of aromatic nitrogens is 2. The maximum Gasteiger partial charge on any atom is 0.339 e. The second kappa shape index (κ2) is 13.4. The number of anilines is 1. The van der Waals surface area contributed by atoms with Crippen molar-refractivity contribution in [2.45, 2.75) is 91.1 Å². The number of methoxy groups -OCH3 is 1. The number of imidazole rings is 1. The first kappa shape index (κ1) is 33.7. The molecule has 8 nitrogen and oxygen atoms in total. The molecule has 1 fully saturated rings. The largest absolute Gasteiger partial charge is 0.490 e. The molecule has 0 saturated carbocycles. The lowest BCUT2D eigenvalue weighted by atomic mass is 9.92. The third kappa shape index (κ3) is 7.15. The molecule has 2 atom stereocenters. The van der Waals surface area contributed by atoms with Crippen LogP contribution in [0.15, 0.2) is 66.9 Å². The van der Waals surface area contributed by atoms with Gasteiger partial charge in [-0.2, -0.15) is 0 Å². The van der Waals surface area contributed by atoms with Crippen molar-refractivity contribution < 1.29 is 23.7 Å². The Labute approximate surface area is 284 Å². The van der Waals surface area contributed by atoms with Crippen molar-refractivity contribution in [3.8, 4) is 28.1 Å². The number of hydrogen-bond donors (Lipinski definition) is 0. The Morgan fingerprint density at radius 1 is 1.04 bits per heavy atom. The molecule has 0 amide bonds. The van der Waals surface area contributed by atoms with E-state index in [2.05, 4.69) is 90.9 Å². The number of pyridine rings is 1. The molecule has 2 aromatic heterocycles. The number of esters is 1. The number of carbonyl (C=O) groups is 1. The fraction of sp³-hybridized carbons (Fsp3) is 0.450. The highest BCUT2D eigenvalue weighted by atomic mass is 16.6. The van der Waals surface area contributed by atoms with Crippen LogP contribution in [0.25, 0.3) is 28.0 Å². The van der Waals surface area contributed by atoms with Gasteiger partial charge in [0.15, 0.2) is 6.10 Å². The summed E-state index contributed by atoms with van der Waals surface area (Å²) in [6, 6.07) is 16.9. The van der Waals surface area contributed by atoms with Crippen molar-refractivity contribution >= 4 is 17.4 Å². The second-order valence-electron chi connectivity index (χ2n) is 14.5. The molecule has 5 heterocycles.